The quantitative estimate of drug-likeness (QED) is 0.190. The van der Waals surface area contributed by atoms with E-state index in [-0.39, 0.29) is 0 Å². The SMILES string of the molecule is c1ccc(-c2ccccc2N(c2ccc(-c3ccc4oc5ccccc5c4c3)cc2)c2cccc3oc4c5ccccc5ccc4c23)cc1. The number of hydrogen-bond donors (Lipinski definition) is 0. The number of anilines is 3. The van der Waals surface area contributed by atoms with Gasteiger partial charge in [0.05, 0.1) is 16.8 Å². The molecule has 0 radical (unpaired) electrons. The van der Waals surface area contributed by atoms with Crippen molar-refractivity contribution in [2.45, 2.75) is 0 Å². The maximum absolute atomic E-state index is 6.64. The van der Waals surface area contributed by atoms with Crippen LogP contribution in [-0.2, 0) is 0 Å². The second-order valence-electron chi connectivity index (χ2n) is 12.5. The molecule has 3 heteroatoms. The van der Waals surface area contributed by atoms with Crippen LogP contribution in [0, 0.1) is 0 Å². The molecule has 2 heterocycles. The molecular formula is C46H29NO2. The minimum Gasteiger partial charge on any atom is -0.456 e. The van der Waals surface area contributed by atoms with E-state index in [1.165, 1.54) is 5.39 Å². The molecule has 0 spiro atoms. The number of furan rings is 2. The lowest BCUT2D eigenvalue weighted by molar-refractivity contribution is 0.669. The molecule has 0 amide bonds. The minimum atomic E-state index is 0.864. The molecule has 0 fully saturated rings. The van der Waals surface area contributed by atoms with Gasteiger partial charge in [-0.2, -0.15) is 0 Å². The lowest BCUT2D eigenvalue weighted by Gasteiger charge is -2.28. The summed E-state index contributed by atoms with van der Waals surface area (Å²) in [6.07, 6.45) is 0. The standard InChI is InChI=1S/C46H29NO2/c1-2-11-31(12-3-1)35-14-6-8-17-40(35)47(41-18-10-20-44-45(41)38-27-23-32-13-4-5-15-36(32)46(38)49-44)34-25-21-30(22-26-34)33-24-28-43-39(29-33)37-16-7-9-19-42(37)48-43/h1-29H. The van der Waals surface area contributed by atoms with Crippen molar-refractivity contribution in [2.75, 3.05) is 4.90 Å². The molecule has 0 saturated carbocycles. The van der Waals surface area contributed by atoms with E-state index < -0.39 is 0 Å². The van der Waals surface area contributed by atoms with Crippen molar-refractivity contribution >= 4 is 71.7 Å². The molecule has 0 unspecified atom stereocenters. The Morgan fingerprint density at radius 2 is 1.06 bits per heavy atom. The topological polar surface area (TPSA) is 29.5 Å². The van der Waals surface area contributed by atoms with Crippen LogP contribution in [0.4, 0.5) is 17.1 Å². The first-order chi connectivity index (χ1) is 24.3. The van der Waals surface area contributed by atoms with Gasteiger partial charge in [0.15, 0.2) is 0 Å². The fraction of sp³-hybridized carbons (Fsp3) is 0. The Bertz CT molecular complexity index is 2830. The lowest BCUT2D eigenvalue weighted by Crippen LogP contribution is -2.11. The maximum Gasteiger partial charge on any atom is 0.143 e. The molecule has 10 rings (SSSR count). The molecule has 0 atom stereocenters. The second kappa shape index (κ2) is 11.0. The molecule has 10 aromatic rings. The monoisotopic (exact) mass is 627 g/mol. The van der Waals surface area contributed by atoms with Crippen molar-refractivity contribution < 1.29 is 8.83 Å². The number of rotatable bonds is 5. The zero-order chi connectivity index (χ0) is 32.3. The first kappa shape index (κ1) is 27.5. The maximum atomic E-state index is 6.64. The van der Waals surface area contributed by atoms with E-state index in [9.17, 15) is 0 Å². The molecule has 0 bridgehead atoms. The van der Waals surface area contributed by atoms with Gasteiger partial charge in [0.25, 0.3) is 0 Å². The average Bonchev–Trinajstić information content (AvgIpc) is 3.75. The summed E-state index contributed by atoms with van der Waals surface area (Å²) >= 11 is 0. The van der Waals surface area contributed by atoms with Crippen LogP contribution in [0.1, 0.15) is 0 Å². The Kier molecular flexibility index (Phi) is 6.18. The summed E-state index contributed by atoms with van der Waals surface area (Å²) in [7, 11) is 0. The van der Waals surface area contributed by atoms with Gasteiger partial charge >= 0.3 is 0 Å². The highest BCUT2D eigenvalue weighted by atomic mass is 16.3. The van der Waals surface area contributed by atoms with Crippen LogP contribution in [0.2, 0.25) is 0 Å². The average molecular weight is 628 g/mol. The Morgan fingerprint density at radius 1 is 0.367 bits per heavy atom. The van der Waals surface area contributed by atoms with Crippen molar-refractivity contribution in [3.63, 3.8) is 0 Å². The van der Waals surface area contributed by atoms with Gasteiger partial charge in [0.1, 0.15) is 22.3 Å². The molecule has 49 heavy (non-hydrogen) atoms. The van der Waals surface area contributed by atoms with Gasteiger partial charge in [-0.05, 0) is 76.7 Å². The van der Waals surface area contributed by atoms with Crippen LogP contribution < -0.4 is 4.90 Å². The Labute approximate surface area is 282 Å². The summed E-state index contributed by atoms with van der Waals surface area (Å²) in [5.41, 5.74) is 11.4. The van der Waals surface area contributed by atoms with Crippen LogP contribution >= 0.6 is 0 Å². The van der Waals surface area contributed by atoms with E-state index in [1.54, 1.807) is 0 Å². The van der Waals surface area contributed by atoms with Crippen LogP contribution in [0.15, 0.2) is 185 Å². The van der Waals surface area contributed by atoms with E-state index in [2.05, 4.69) is 169 Å². The van der Waals surface area contributed by atoms with Crippen molar-refractivity contribution in [1.82, 2.24) is 0 Å². The van der Waals surface area contributed by atoms with Gasteiger partial charge in [0, 0.05) is 32.8 Å². The van der Waals surface area contributed by atoms with Gasteiger partial charge in [-0.1, -0.05) is 121 Å². The van der Waals surface area contributed by atoms with Gasteiger partial charge < -0.3 is 13.7 Å². The molecule has 230 valence electrons. The van der Waals surface area contributed by atoms with E-state index in [1.807, 2.05) is 12.1 Å². The third-order valence-corrected chi connectivity index (χ3v) is 9.67. The summed E-state index contributed by atoms with van der Waals surface area (Å²) in [5.74, 6) is 0. The Hall–Kier alpha value is -6.58. The first-order valence-corrected chi connectivity index (χ1v) is 16.6. The zero-order valence-electron chi connectivity index (χ0n) is 26.5. The summed E-state index contributed by atoms with van der Waals surface area (Å²) in [6, 6.07) is 62.1. The predicted octanol–water partition coefficient (Wildman–Crippen LogP) is 13.4. The highest BCUT2D eigenvalue weighted by molar-refractivity contribution is 6.20. The molecular weight excluding hydrogens is 599 g/mol. The fourth-order valence-electron chi connectivity index (χ4n) is 7.37. The smallest absolute Gasteiger partial charge is 0.143 e. The molecule has 8 aromatic carbocycles. The predicted molar refractivity (Wildman–Crippen MR) is 204 cm³/mol. The summed E-state index contributed by atoms with van der Waals surface area (Å²) in [6.45, 7) is 0. The third-order valence-electron chi connectivity index (χ3n) is 9.67. The molecule has 0 N–H and O–H groups in total. The Balaban J connectivity index is 1.18. The van der Waals surface area contributed by atoms with E-state index in [0.717, 1.165) is 88.6 Å². The highest BCUT2D eigenvalue weighted by Gasteiger charge is 2.22. The number of nitrogens with zero attached hydrogens (tertiary/aromatic N) is 1. The van der Waals surface area contributed by atoms with Crippen LogP contribution in [0.5, 0.6) is 0 Å². The lowest BCUT2D eigenvalue weighted by atomic mass is 9.99. The number of fused-ring (bicyclic) bond motifs is 8. The van der Waals surface area contributed by atoms with Crippen molar-refractivity contribution in [3.8, 4) is 22.3 Å². The molecule has 0 aliphatic rings. The van der Waals surface area contributed by atoms with Crippen molar-refractivity contribution in [3.05, 3.63) is 176 Å². The van der Waals surface area contributed by atoms with Crippen molar-refractivity contribution in [2.24, 2.45) is 0 Å². The van der Waals surface area contributed by atoms with E-state index in [0.29, 0.717) is 0 Å². The summed E-state index contributed by atoms with van der Waals surface area (Å²) in [5, 5.41) is 6.73. The van der Waals surface area contributed by atoms with Gasteiger partial charge in [-0.25, -0.2) is 0 Å². The van der Waals surface area contributed by atoms with Crippen LogP contribution in [-0.4, -0.2) is 0 Å². The summed E-state index contributed by atoms with van der Waals surface area (Å²) in [4.78, 5) is 2.38. The Morgan fingerprint density at radius 3 is 1.96 bits per heavy atom. The molecule has 0 aliphatic carbocycles. The highest BCUT2D eigenvalue weighted by Crippen LogP contribution is 2.47. The molecule has 0 aliphatic heterocycles. The van der Waals surface area contributed by atoms with Crippen LogP contribution in [0.25, 0.3) is 76.9 Å². The molecule has 3 nitrogen and oxygen atoms in total. The van der Waals surface area contributed by atoms with Gasteiger partial charge in [-0.3, -0.25) is 0 Å². The van der Waals surface area contributed by atoms with Gasteiger partial charge in [-0.15, -0.1) is 0 Å². The first-order valence-electron chi connectivity index (χ1n) is 16.6. The summed E-state index contributed by atoms with van der Waals surface area (Å²) < 4.78 is 12.8. The number of benzene rings is 8. The van der Waals surface area contributed by atoms with E-state index >= 15 is 0 Å². The largest absolute Gasteiger partial charge is 0.456 e. The second-order valence-corrected chi connectivity index (χ2v) is 12.5. The molecule has 2 aromatic heterocycles. The zero-order valence-corrected chi connectivity index (χ0v) is 26.5. The third kappa shape index (κ3) is 4.44. The number of hydrogen-bond acceptors (Lipinski definition) is 3. The minimum absolute atomic E-state index is 0.864. The fourth-order valence-corrected chi connectivity index (χ4v) is 7.37. The van der Waals surface area contributed by atoms with Crippen molar-refractivity contribution in [1.29, 1.82) is 0 Å². The van der Waals surface area contributed by atoms with Gasteiger partial charge in [0.2, 0.25) is 0 Å². The molecule has 0 saturated heterocycles. The van der Waals surface area contributed by atoms with E-state index in [4.69, 9.17) is 8.83 Å². The number of para-hydroxylation sites is 2. The van der Waals surface area contributed by atoms with Crippen LogP contribution in [0.3, 0.4) is 0 Å². The normalized spacial score (nSPS) is 11.7.